The lowest BCUT2D eigenvalue weighted by Crippen LogP contribution is -2.34. The predicted molar refractivity (Wildman–Crippen MR) is 112 cm³/mol. The molecule has 2 nitrogen and oxygen atoms in total. The number of benzene rings is 1. The topological polar surface area (TPSA) is 24.1 Å². The molecule has 2 aliphatic rings. The van der Waals surface area contributed by atoms with Gasteiger partial charge in [-0.1, -0.05) is 62.8 Å². The Balaban J connectivity index is 1.38. The number of rotatable bonds is 8. The molecule has 1 aromatic rings. The van der Waals surface area contributed by atoms with Gasteiger partial charge >= 0.3 is 0 Å². The Morgan fingerprint density at radius 2 is 1.00 bits per heavy atom. The van der Waals surface area contributed by atoms with Crippen molar-refractivity contribution in [1.82, 2.24) is 10.6 Å². The van der Waals surface area contributed by atoms with E-state index in [2.05, 4.69) is 48.7 Å². The number of hydrogen-bond acceptors (Lipinski definition) is 2. The summed E-state index contributed by atoms with van der Waals surface area (Å²) in [6, 6.07) is 10.5. The molecule has 0 saturated heterocycles. The number of nitrogens with one attached hydrogen (secondary N) is 2. The maximum Gasteiger partial charge on any atom is 0.0208 e. The van der Waals surface area contributed by atoms with E-state index in [0.717, 1.165) is 24.9 Å². The van der Waals surface area contributed by atoms with Crippen LogP contribution in [0.1, 0.15) is 89.2 Å². The first kappa shape index (κ1) is 19.9. The fraction of sp³-hybridized carbons (Fsp3) is 0.750. The van der Waals surface area contributed by atoms with Gasteiger partial charge in [-0.05, 0) is 62.5 Å². The van der Waals surface area contributed by atoms with Crippen LogP contribution >= 0.6 is 0 Å². The van der Waals surface area contributed by atoms with E-state index in [9.17, 15) is 0 Å². The standard InChI is InChI=1S/C24H40N2/c1-19(23-9-5-3-6-10-23)25-17-21-13-15-22(16-14-21)18-26-20(2)24-11-7-4-8-12-24/h13-16,19-20,23-26H,3-12,17-18H2,1-2H3/t19-,20-/m0/s1. The molecular weight excluding hydrogens is 316 g/mol. The van der Waals surface area contributed by atoms with Crippen molar-refractivity contribution < 1.29 is 0 Å². The van der Waals surface area contributed by atoms with Crippen LogP contribution in [0.5, 0.6) is 0 Å². The van der Waals surface area contributed by atoms with Crippen LogP contribution in [0.4, 0.5) is 0 Å². The second kappa shape index (κ2) is 10.5. The van der Waals surface area contributed by atoms with Gasteiger partial charge in [0.05, 0.1) is 0 Å². The van der Waals surface area contributed by atoms with E-state index in [-0.39, 0.29) is 0 Å². The molecule has 146 valence electrons. The van der Waals surface area contributed by atoms with E-state index < -0.39 is 0 Å². The maximum atomic E-state index is 3.77. The summed E-state index contributed by atoms with van der Waals surface area (Å²) in [7, 11) is 0. The molecule has 0 aromatic heterocycles. The lowest BCUT2D eigenvalue weighted by atomic mass is 9.84. The van der Waals surface area contributed by atoms with Crippen LogP contribution in [0.3, 0.4) is 0 Å². The van der Waals surface area contributed by atoms with Gasteiger partial charge in [0.15, 0.2) is 0 Å². The molecule has 0 bridgehead atoms. The van der Waals surface area contributed by atoms with Crippen LogP contribution in [-0.4, -0.2) is 12.1 Å². The molecule has 0 unspecified atom stereocenters. The Kier molecular flexibility index (Phi) is 8.01. The Morgan fingerprint density at radius 3 is 1.35 bits per heavy atom. The summed E-state index contributed by atoms with van der Waals surface area (Å²) in [5.74, 6) is 1.77. The summed E-state index contributed by atoms with van der Waals surface area (Å²) in [5.41, 5.74) is 2.83. The minimum absolute atomic E-state index is 0.646. The van der Waals surface area contributed by atoms with Gasteiger partial charge in [-0.15, -0.1) is 0 Å². The molecule has 3 rings (SSSR count). The van der Waals surface area contributed by atoms with Gasteiger partial charge in [0.1, 0.15) is 0 Å². The Bertz CT molecular complexity index is 450. The lowest BCUT2D eigenvalue weighted by molar-refractivity contribution is 0.280. The first-order valence-electron chi connectivity index (χ1n) is 11.3. The molecule has 0 radical (unpaired) electrons. The minimum Gasteiger partial charge on any atom is -0.310 e. The number of hydrogen-bond donors (Lipinski definition) is 2. The van der Waals surface area contributed by atoms with Gasteiger partial charge in [-0.3, -0.25) is 0 Å². The van der Waals surface area contributed by atoms with Crippen LogP contribution < -0.4 is 10.6 Å². The average molecular weight is 357 g/mol. The summed E-state index contributed by atoms with van der Waals surface area (Å²) < 4.78 is 0. The fourth-order valence-electron chi connectivity index (χ4n) is 4.93. The molecule has 26 heavy (non-hydrogen) atoms. The third-order valence-corrected chi connectivity index (χ3v) is 6.99. The molecule has 2 fully saturated rings. The van der Waals surface area contributed by atoms with E-state index in [1.54, 1.807) is 0 Å². The van der Waals surface area contributed by atoms with Crippen LogP contribution in [0.15, 0.2) is 24.3 Å². The largest absolute Gasteiger partial charge is 0.310 e. The summed E-state index contributed by atoms with van der Waals surface area (Å²) in [6.07, 6.45) is 14.3. The normalized spacial score (nSPS) is 22.2. The zero-order valence-corrected chi connectivity index (χ0v) is 17.1. The first-order valence-corrected chi connectivity index (χ1v) is 11.3. The Morgan fingerprint density at radius 1 is 0.654 bits per heavy atom. The van der Waals surface area contributed by atoms with Crippen LogP contribution in [-0.2, 0) is 13.1 Å². The predicted octanol–water partition coefficient (Wildman–Crippen LogP) is 5.80. The van der Waals surface area contributed by atoms with Crippen molar-refractivity contribution >= 4 is 0 Å². The fourth-order valence-corrected chi connectivity index (χ4v) is 4.93. The zero-order valence-electron chi connectivity index (χ0n) is 17.1. The highest BCUT2D eigenvalue weighted by Gasteiger charge is 2.20. The smallest absolute Gasteiger partial charge is 0.0208 e. The quantitative estimate of drug-likeness (QED) is 0.615. The average Bonchev–Trinajstić information content (AvgIpc) is 2.72. The molecule has 0 amide bonds. The third-order valence-electron chi connectivity index (χ3n) is 6.99. The third kappa shape index (κ3) is 6.09. The highest BCUT2D eigenvalue weighted by molar-refractivity contribution is 5.22. The lowest BCUT2D eigenvalue weighted by Gasteiger charge is -2.28. The second-order valence-corrected chi connectivity index (χ2v) is 8.95. The summed E-state index contributed by atoms with van der Waals surface area (Å²) in [4.78, 5) is 0. The summed E-state index contributed by atoms with van der Waals surface area (Å²) >= 11 is 0. The van der Waals surface area contributed by atoms with E-state index >= 15 is 0 Å². The molecule has 2 N–H and O–H groups in total. The summed E-state index contributed by atoms with van der Waals surface area (Å²) in [6.45, 7) is 6.76. The van der Waals surface area contributed by atoms with E-state index in [0.29, 0.717) is 12.1 Å². The monoisotopic (exact) mass is 356 g/mol. The molecule has 2 aliphatic carbocycles. The van der Waals surface area contributed by atoms with Gasteiger partial charge in [-0.2, -0.15) is 0 Å². The molecule has 2 atom stereocenters. The van der Waals surface area contributed by atoms with E-state index in [1.807, 2.05) is 0 Å². The molecule has 2 saturated carbocycles. The second-order valence-electron chi connectivity index (χ2n) is 8.95. The Hall–Kier alpha value is -0.860. The molecule has 0 heterocycles. The SMILES string of the molecule is C[C@H](NCc1ccc(CN[C@@H](C)C2CCCCC2)cc1)C1CCCCC1. The molecule has 2 heteroatoms. The van der Waals surface area contributed by atoms with Gasteiger partial charge in [-0.25, -0.2) is 0 Å². The molecular formula is C24H40N2. The van der Waals surface area contributed by atoms with E-state index in [4.69, 9.17) is 0 Å². The zero-order chi connectivity index (χ0) is 18.2. The minimum atomic E-state index is 0.646. The van der Waals surface area contributed by atoms with Crippen molar-refractivity contribution in [3.8, 4) is 0 Å². The molecule has 1 aromatic carbocycles. The highest BCUT2D eigenvalue weighted by atomic mass is 14.9. The molecule has 0 aliphatic heterocycles. The first-order chi connectivity index (χ1) is 12.7. The Labute approximate surface area is 161 Å². The summed E-state index contributed by atoms with van der Waals surface area (Å²) in [5, 5.41) is 7.53. The van der Waals surface area contributed by atoms with Crippen molar-refractivity contribution in [1.29, 1.82) is 0 Å². The van der Waals surface area contributed by atoms with Crippen molar-refractivity contribution in [2.24, 2.45) is 11.8 Å². The van der Waals surface area contributed by atoms with Gasteiger partial charge < -0.3 is 10.6 Å². The van der Waals surface area contributed by atoms with Crippen molar-refractivity contribution in [3.63, 3.8) is 0 Å². The van der Waals surface area contributed by atoms with Crippen LogP contribution in [0, 0.1) is 11.8 Å². The maximum absolute atomic E-state index is 3.77. The van der Waals surface area contributed by atoms with Gasteiger partial charge in [0.2, 0.25) is 0 Å². The van der Waals surface area contributed by atoms with E-state index in [1.165, 1.54) is 75.3 Å². The highest BCUT2D eigenvalue weighted by Crippen LogP contribution is 2.27. The van der Waals surface area contributed by atoms with Crippen LogP contribution in [0.2, 0.25) is 0 Å². The molecule has 0 spiro atoms. The van der Waals surface area contributed by atoms with Crippen molar-refractivity contribution in [3.05, 3.63) is 35.4 Å². The van der Waals surface area contributed by atoms with Crippen molar-refractivity contribution in [2.75, 3.05) is 0 Å². The van der Waals surface area contributed by atoms with Crippen molar-refractivity contribution in [2.45, 2.75) is 103 Å². The van der Waals surface area contributed by atoms with Crippen LogP contribution in [0.25, 0.3) is 0 Å². The van der Waals surface area contributed by atoms with Gasteiger partial charge in [0.25, 0.3) is 0 Å². The van der Waals surface area contributed by atoms with Gasteiger partial charge in [0, 0.05) is 25.2 Å².